The molecule has 0 aliphatic carbocycles. The molecule has 0 radical (unpaired) electrons. The maximum absolute atomic E-state index is 11.8. The van der Waals surface area contributed by atoms with Gasteiger partial charge in [-0.1, -0.05) is 6.07 Å². The van der Waals surface area contributed by atoms with E-state index in [9.17, 15) is 4.79 Å². The van der Waals surface area contributed by atoms with Crippen molar-refractivity contribution in [2.24, 2.45) is 0 Å². The van der Waals surface area contributed by atoms with E-state index in [-0.39, 0.29) is 5.56 Å². The first-order valence-electron chi connectivity index (χ1n) is 5.48. The second kappa shape index (κ2) is 5.56. The Balaban J connectivity index is 2.16. The van der Waals surface area contributed by atoms with Crippen LogP contribution >= 0.6 is 0 Å². The van der Waals surface area contributed by atoms with Crippen LogP contribution in [0.2, 0.25) is 0 Å². The summed E-state index contributed by atoms with van der Waals surface area (Å²) < 4.78 is 6.45. The highest BCUT2D eigenvalue weighted by Crippen LogP contribution is 1.98. The van der Waals surface area contributed by atoms with Crippen molar-refractivity contribution in [3.8, 4) is 0 Å². The summed E-state index contributed by atoms with van der Waals surface area (Å²) in [5.41, 5.74) is 1.36. The summed E-state index contributed by atoms with van der Waals surface area (Å²) in [6.45, 7) is 1.96. The molecule has 0 saturated heterocycles. The average molecular weight is 233 g/mol. The molecule has 0 unspecified atom stereocenters. The van der Waals surface area contributed by atoms with Gasteiger partial charge in [-0.05, 0) is 12.1 Å². The van der Waals surface area contributed by atoms with E-state index >= 15 is 0 Å². The van der Waals surface area contributed by atoms with Gasteiger partial charge in [0.15, 0.2) is 0 Å². The van der Waals surface area contributed by atoms with Crippen LogP contribution in [-0.4, -0.2) is 29.6 Å². The fourth-order valence-corrected chi connectivity index (χ4v) is 1.58. The van der Waals surface area contributed by atoms with Crippen molar-refractivity contribution in [2.75, 3.05) is 20.3 Å². The van der Waals surface area contributed by atoms with Gasteiger partial charge in [0.2, 0.25) is 0 Å². The van der Waals surface area contributed by atoms with Crippen molar-refractivity contribution in [1.29, 1.82) is 0 Å². The minimum absolute atomic E-state index is 0.0564. The highest BCUT2D eigenvalue weighted by molar-refractivity contribution is 5.37. The standard InChI is InChI=1S/C12H15N3O2/c1-17-7-5-13-9-10-8-12(16)15-6-3-2-4-11(15)14-10/h2-4,6,8,13H,5,7,9H2,1H3. The average Bonchev–Trinajstić information content (AvgIpc) is 2.35. The maximum Gasteiger partial charge on any atom is 0.258 e. The number of nitrogens with one attached hydrogen (secondary N) is 1. The van der Waals surface area contributed by atoms with Crippen molar-refractivity contribution < 1.29 is 4.74 Å². The molecule has 2 heterocycles. The number of ether oxygens (including phenoxy) is 1. The van der Waals surface area contributed by atoms with Gasteiger partial charge < -0.3 is 10.1 Å². The number of nitrogens with zero attached hydrogens (tertiary/aromatic N) is 2. The molecule has 0 spiro atoms. The van der Waals surface area contributed by atoms with E-state index < -0.39 is 0 Å². The van der Waals surface area contributed by atoms with Crippen molar-refractivity contribution in [3.63, 3.8) is 0 Å². The first kappa shape index (κ1) is 11.8. The van der Waals surface area contributed by atoms with Gasteiger partial charge in [0, 0.05) is 32.5 Å². The van der Waals surface area contributed by atoms with Crippen LogP contribution in [0.5, 0.6) is 0 Å². The topological polar surface area (TPSA) is 55.6 Å². The second-order valence-corrected chi connectivity index (χ2v) is 3.68. The fraction of sp³-hybridized carbons (Fsp3) is 0.333. The van der Waals surface area contributed by atoms with Crippen LogP contribution < -0.4 is 10.9 Å². The van der Waals surface area contributed by atoms with Crippen molar-refractivity contribution >= 4 is 5.65 Å². The van der Waals surface area contributed by atoms with E-state index in [0.717, 1.165) is 12.2 Å². The van der Waals surface area contributed by atoms with Gasteiger partial charge in [0.05, 0.1) is 12.3 Å². The largest absolute Gasteiger partial charge is 0.383 e. The third-order valence-corrected chi connectivity index (χ3v) is 2.41. The Morgan fingerprint density at radius 1 is 1.47 bits per heavy atom. The summed E-state index contributed by atoms with van der Waals surface area (Å²) in [6, 6.07) is 7.04. The lowest BCUT2D eigenvalue weighted by atomic mass is 10.3. The number of hydrogen-bond donors (Lipinski definition) is 1. The van der Waals surface area contributed by atoms with Gasteiger partial charge in [0.1, 0.15) is 5.65 Å². The molecule has 1 N–H and O–H groups in total. The lowest BCUT2D eigenvalue weighted by molar-refractivity contribution is 0.199. The first-order valence-corrected chi connectivity index (χ1v) is 5.48. The summed E-state index contributed by atoms with van der Waals surface area (Å²) in [5.74, 6) is 0. The molecule has 2 rings (SSSR count). The Morgan fingerprint density at radius 2 is 2.35 bits per heavy atom. The fourth-order valence-electron chi connectivity index (χ4n) is 1.58. The predicted molar refractivity (Wildman–Crippen MR) is 65.0 cm³/mol. The van der Waals surface area contributed by atoms with E-state index in [1.54, 1.807) is 19.4 Å². The molecule has 0 saturated carbocycles. The zero-order valence-corrected chi connectivity index (χ0v) is 9.72. The van der Waals surface area contributed by atoms with E-state index in [4.69, 9.17) is 4.74 Å². The van der Waals surface area contributed by atoms with Crippen LogP contribution in [-0.2, 0) is 11.3 Å². The monoisotopic (exact) mass is 233 g/mol. The van der Waals surface area contributed by atoms with E-state index in [0.29, 0.717) is 18.8 Å². The maximum atomic E-state index is 11.8. The molecule has 5 heteroatoms. The number of hydrogen-bond acceptors (Lipinski definition) is 4. The minimum Gasteiger partial charge on any atom is -0.383 e. The summed E-state index contributed by atoms with van der Waals surface area (Å²) in [5, 5.41) is 3.16. The Labute approximate surface area is 99.1 Å². The van der Waals surface area contributed by atoms with Crippen molar-refractivity contribution in [3.05, 3.63) is 46.5 Å². The highest BCUT2D eigenvalue weighted by Gasteiger charge is 2.00. The highest BCUT2D eigenvalue weighted by atomic mass is 16.5. The zero-order valence-electron chi connectivity index (χ0n) is 9.72. The summed E-state index contributed by atoms with van der Waals surface area (Å²) in [7, 11) is 1.66. The molecule has 17 heavy (non-hydrogen) atoms. The molecule has 5 nitrogen and oxygen atoms in total. The van der Waals surface area contributed by atoms with Gasteiger partial charge in [-0.15, -0.1) is 0 Å². The lowest BCUT2D eigenvalue weighted by Gasteiger charge is -2.05. The molecule has 2 aromatic heterocycles. The molecular formula is C12H15N3O2. The van der Waals surface area contributed by atoms with Crippen LogP contribution in [0.25, 0.3) is 5.65 Å². The Bertz CT molecular complexity index is 551. The third kappa shape index (κ3) is 2.89. The number of methoxy groups -OCH3 is 1. The number of aromatic nitrogens is 2. The summed E-state index contributed by atoms with van der Waals surface area (Å²) >= 11 is 0. The first-order chi connectivity index (χ1) is 8.31. The zero-order chi connectivity index (χ0) is 12.1. The molecule has 0 aliphatic heterocycles. The quantitative estimate of drug-likeness (QED) is 0.761. The summed E-state index contributed by atoms with van der Waals surface area (Å²) in [6.07, 6.45) is 1.72. The lowest BCUT2D eigenvalue weighted by Crippen LogP contribution is -2.22. The molecule has 90 valence electrons. The van der Waals surface area contributed by atoms with Crippen LogP contribution in [0.1, 0.15) is 5.69 Å². The molecule has 0 amide bonds. The number of pyridine rings is 1. The van der Waals surface area contributed by atoms with E-state index in [1.807, 2.05) is 18.2 Å². The Hall–Kier alpha value is -1.72. The second-order valence-electron chi connectivity index (χ2n) is 3.68. The third-order valence-electron chi connectivity index (χ3n) is 2.41. The van der Waals surface area contributed by atoms with E-state index in [1.165, 1.54) is 4.40 Å². The normalized spacial score (nSPS) is 10.9. The van der Waals surface area contributed by atoms with Crippen LogP contribution in [0.4, 0.5) is 0 Å². The smallest absolute Gasteiger partial charge is 0.258 e. The Kier molecular flexibility index (Phi) is 3.85. The predicted octanol–water partition coefficient (Wildman–Crippen LogP) is 0.430. The Morgan fingerprint density at radius 3 is 3.18 bits per heavy atom. The SMILES string of the molecule is COCCNCc1cc(=O)n2ccccc2n1. The molecule has 0 atom stereocenters. The van der Waals surface area contributed by atoms with Crippen LogP contribution in [0.15, 0.2) is 35.3 Å². The number of fused-ring (bicyclic) bond motifs is 1. The molecule has 0 aromatic carbocycles. The van der Waals surface area contributed by atoms with Crippen LogP contribution in [0, 0.1) is 0 Å². The van der Waals surface area contributed by atoms with Crippen molar-refractivity contribution in [2.45, 2.75) is 6.54 Å². The summed E-state index contributed by atoms with van der Waals surface area (Å²) in [4.78, 5) is 16.2. The van der Waals surface area contributed by atoms with Crippen molar-refractivity contribution in [1.82, 2.24) is 14.7 Å². The van der Waals surface area contributed by atoms with Gasteiger partial charge >= 0.3 is 0 Å². The van der Waals surface area contributed by atoms with Gasteiger partial charge in [-0.2, -0.15) is 0 Å². The van der Waals surface area contributed by atoms with Gasteiger partial charge in [-0.3, -0.25) is 9.20 Å². The molecule has 0 aliphatic rings. The molecule has 2 aromatic rings. The minimum atomic E-state index is -0.0564. The molecule has 0 fully saturated rings. The van der Waals surface area contributed by atoms with Gasteiger partial charge in [-0.25, -0.2) is 4.98 Å². The van der Waals surface area contributed by atoms with Crippen LogP contribution in [0.3, 0.4) is 0 Å². The molecular weight excluding hydrogens is 218 g/mol. The number of rotatable bonds is 5. The van der Waals surface area contributed by atoms with E-state index in [2.05, 4.69) is 10.3 Å². The molecule has 0 bridgehead atoms. The van der Waals surface area contributed by atoms with Gasteiger partial charge in [0.25, 0.3) is 5.56 Å².